The molecule has 0 unspecified atom stereocenters. The molecular formula is C25H18N2O3. The summed E-state index contributed by atoms with van der Waals surface area (Å²) in [5.74, 6) is 0.854. The maximum Gasteiger partial charge on any atom is 0.255 e. The monoisotopic (exact) mass is 394 g/mol. The van der Waals surface area contributed by atoms with Crippen LogP contribution in [0.25, 0.3) is 33.3 Å². The number of anilines is 1. The molecule has 0 saturated carbocycles. The summed E-state index contributed by atoms with van der Waals surface area (Å²) in [6.07, 6.45) is 0. The fourth-order valence-corrected chi connectivity index (χ4v) is 3.51. The van der Waals surface area contributed by atoms with E-state index < -0.39 is 0 Å². The highest BCUT2D eigenvalue weighted by Crippen LogP contribution is 2.33. The van der Waals surface area contributed by atoms with Crippen LogP contribution in [0, 0.1) is 0 Å². The molecule has 0 spiro atoms. The Morgan fingerprint density at radius 3 is 2.67 bits per heavy atom. The predicted molar refractivity (Wildman–Crippen MR) is 118 cm³/mol. The SMILES string of the molecule is COc1cccc(C(=O)Nc2ccccc2-c2nc3ccc4ccccc4c3o2)c1. The number of amides is 1. The van der Waals surface area contributed by atoms with Gasteiger partial charge in [-0.05, 0) is 41.8 Å². The molecule has 5 aromatic rings. The van der Waals surface area contributed by atoms with Crippen LogP contribution in [0.1, 0.15) is 10.4 Å². The molecule has 1 aromatic heterocycles. The zero-order valence-corrected chi connectivity index (χ0v) is 16.3. The van der Waals surface area contributed by atoms with E-state index in [1.165, 1.54) is 0 Å². The van der Waals surface area contributed by atoms with Crippen LogP contribution < -0.4 is 10.1 Å². The Morgan fingerprint density at radius 2 is 1.77 bits per heavy atom. The quantitative estimate of drug-likeness (QED) is 0.412. The summed E-state index contributed by atoms with van der Waals surface area (Å²) in [7, 11) is 1.57. The van der Waals surface area contributed by atoms with Gasteiger partial charge in [-0.3, -0.25) is 4.79 Å². The first-order valence-electron chi connectivity index (χ1n) is 9.56. The van der Waals surface area contributed by atoms with Gasteiger partial charge in [0.25, 0.3) is 5.91 Å². The maximum absolute atomic E-state index is 12.8. The van der Waals surface area contributed by atoms with Crippen LogP contribution in [0.2, 0.25) is 0 Å². The maximum atomic E-state index is 12.8. The normalized spacial score (nSPS) is 11.0. The molecule has 5 heteroatoms. The summed E-state index contributed by atoms with van der Waals surface area (Å²) in [5, 5.41) is 5.06. The number of ether oxygens (including phenoxy) is 1. The van der Waals surface area contributed by atoms with Gasteiger partial charge in [0.05, 0.1) is 18.4 Å². The smallest absolute Gasteiger partial charge is 0.255 e. The van der Waals surface area contributed by atoms with E-state index in [9.17, 15) is 4.79 Å². The second-order valence-electron chi connectivity index (χ2n) is 6.89. The number of oxazole rings is 1. The van der Waals surface area contributed by atoms with Gasteiger partial charge >= 0.3 is 0 Å². The largest absolute Gasteiger partial charge is 0.497 e. The van der Waals surface area contributed by atoms with Gasteiger partial charge in [0.2, 0.25) is 5.89 Å². The van der Waals surface area contributed by atoms with Crippen molar-refractivity contribution < 1.29 is 13.9 Å². The van der Waals surface area contributed by atoms with E-state index in [0.29, 0.717) is 28.5 Å². The molecule has 0 fully saturated rings. The summed E-state index contributed by atoms with van der Waals surface area (Å²) in [4.78, 5) is 17.5. The summed E-state index contributed by atoms with van der Waals surface area (Å²) in [6.45, 7) is 0. The van der Waals surface area contributed by atoms with Crippen LogP contribution in [0.4, 0.5) is 5.69 Å². The lowest BCUT2D eigenvalue weighted by atomic mass is 10.1. The van der Waals surface area contributed by atoms with Crippen LogP contribution in [0.3, 0.4) is 0 Å². The Morgan fingerprint density at radius 1 is 0.933 bits per heavy atom. The first kappa shape index (κ1) is 17.9. The van der Waals surface area contributed by atoms with Gasteiger partial charge in [0, 0.05) is 10.9 Å². The van der Waals surface area contributed by atoms with Crippen molar-refractivity contribution in [2.24, 2.45) is 0 Å². The minimum atomic E-state index is -0.233. The second kappa shape index (κ2) is 7.37. The van der Waals surface area contributed by atoms with E-state index in [2.05, 4.69) is 10.3 Å². The molecular weight excluding hydrogens is 376 g/mol. The van der Waals surface area contributed by atoms with Crippen LogP contribution >= 0.6 is 0 Å². The highest BCUT2D eigenvalue weighted by Gasteiger charge is 2.16. The molecule has 5 rings (SSSR count). The first-order valence-corrected chi connectivity index (χ1v) is 9.56. The molecule has 0 aliphatic carbocycles. The fourth-order valence-electron chi connectivity index (χ4n) is 3.51. The number of nitrogens with one attached hydrogen (secondary N) is 1. The van der Waals surface area contributed by atoms with E-state index >= 15 is 0 Å². The molecule has 30 heavy (non-hydrogen) atoms. The number of carbonyl (C=O) groups excluding carboxylic acids is 1. The minimum absolute atomic E-state index is 0.233. The molecule has 4 aromatic carbocycles. The molecule has 0 aliphatic heterocycles. The van der Waals surface area contributed by atoms with Crippen molar-refractivity contribution in [1.82, 2.24) is 4.98 Å². The average Bonchev–Trinajstić information content (AvgIpc) is 3.24. The van der Waals surface area contributed by atoms with Crippen LogP contribution in [-0.2, 0) is 0 Å². The van der Waals surface area contributed by atoms with Crippen molar-refractivity contribution in [2.45, 2.75) is 0 Å². The molecule has 0 bridgehead atoms. The van der Waals surface area contributed by atoms with E-state index in [1.54, 1.807) is 31.4 Å². The average molecular weight is 394 g/mol. The zero-order valence-electron chi connectivity index (χ0n) is 16.3. The molecule has 1 N–H and O–H groups in total. The third-order valence-corrected chi connectivity index (χ3v) is 5.02. The number of benzene rings is 4. The standard InChI is InChI=1S/C25H18N2O3/c1-29-18-9-6-8-17(15-18)24(28)26-21-12-5-4-11-20(21)25-27-22-14-13-16-7-2-3-10-19(16)23(22)30-25/h2-15H,1H3,(H,26,28). The number of methoxy groups -OCH3 is 1. The number of hydrogen-bond donors (Lipinski definition) is 1. The Balaban J connectivity index is 1.55. The topological polar surface area (TPSA) is 64.4 Å². The number of fused-ring (bicyclic) bond motifs is 3. The third kappa shape index (κ3) is 3.16. The third-order valence-electron chi connectivity index (χ3n) is 5.02. The number of nitrogens with zero attached hydrogens (tertiary/aromatic N) is 1. The molecule has 0 aliphatic rings. The van der Waals surface area contributed by atoms with Gasteiger partial charge in [-0.1, -0.05) is 48.5 Å². The molecule has 0 atom stereocenters. The van der Waals surface area contributed by atoms with Crippen LogP contribution in [0.15, 0.2) is 89.3 Å². The summed E-state index contributed by atoms with van der Waals surface area (Å²) in [6, 6.07) is 26.5. The van der Waals surface area contributed by atoms with Gasteiger partial charge in [-0.25, -0.2) is 4.98 Å². The van der Waals surface area contributed by atoms with Crippen LogP contribution in [0.5, 0.6) is 5.75 Å². The number of aromatic nitrogens is 1. The summed E-state index contributed by atoms with van der Waals surface area (Å²) >= 11 is 0. The Hall–Kier alpha value is -4.12. The molecule has 146 valence electrons. The Labute approximate surface area is 172 Å². The van der Waals surface area contributed by atoms with Crippen molar-refractivity contribution in [2.75, 3.05) is 12.4 Å². The number of para-hydroxylation sites is 1. The lowest BCUT2D eigenvalue weighted by molar-refractivity contribution is 0.102. The minimum Gasteiger partial charge on any atom is -0.497 e. The highest BCUT2D eigenvalue weighted by molar-refractivity contribution is 6.07. The van der Waals surface area contributed by atoms with E-state index in [0.717, 1.165) is 21.9 Å². The highest BCUT2D eigenvalue weighted by atomic mass is 16.5. The Bertz CT molecular complexity index is 1390. The first-order chi connectivity index (χ1) is 14.7. The number of carbonyl (C=O) groups is 1. The molecule has 5 nitrogen and oxygen atoms in total. The summed E-state index contributed by atoms with van der Waals surface area (Å²) < 4.78 is 11.4. The van der Waals surface area contributed by atoms with E-state index in [-0.39, 0.29) is 5.91 Å². The molecule has 0 saturated heterocycles. The van der Waals surface area contributed by atoms with Gasteiger partial charge in [0.1, 0.15) is 11.3 Å². The van der Waals surface area contributed by atoms with E-state index in [1.807, 2.05) is 60.7 Å². The van der Waals surface area contributed by atoms with Crippen molar-refractivity contribution in [3.63, 3.8) is 0 Å². The number of hydrogen-bond acceptors (Lipinski definition) is 4. The summed E-state index contributed by atoms with van der Waals surface area (Å²) in [5.41, 5.74) is 3.36. The predicted octanol–water partition coefficient (Wildman–Crippen LogP) is 5.91. The fraction of sp³-hybridized carbons (Fsp3) is 0.0400. The van der Waals surface area contributed by atoms with Crippen molar-refractivity contribution in [1.29, 1.82) is 0 Å². The van der Waals surface area contributed by atoms with Crippen LogP contribution in [-0.4, -0.2) is 18.0 Å². The zero-order chi connectivity index (χ0) is 20.5. The van der Waals surface area contributed by atoms with E-state index in [4.69, 9.17) is 9.15 Å². The van der Waals surface area contributed by atoms with Gasteiger partial charge in [-0.15, -0.1) is 0 Å². The number of rotatable bonds is 4. The van der Waals surface area contributed by atoms with Crippen molar-refractivity contribution in [3.8, 4) is 17.2 Å². The van der Waals surface area contributed by atoms with Crippen molar-refractivity contribution >= 4 is 33.5 Å². The van der Waals surface area contributed by atoms with Gasteiger partial charge < -0.3 is 14.5 Å². The van der Waals surface area contributed by atoms with Crippen molar-refractivity contribution in [3.05, 3.63) is 90.5 Å². The lowest BCUT2D eigenvalue weighted by Crippen LogP contribution is -2.12. The van der Waals surface area contributed by atoms with Gasteiger partial charge in [0.15, 0.2) is 5.58 Å². The molecule has 1 amide bonds. The lowest BCUT2D eigenvalue weighted by Gasteiger charge is -2.09. The Kier molecular flexibility index (Phi) is 4.41. The second-order valence-corrected chi connectivity index (χ2v) is 6.89. The molecule has 0 radical (unpaired) electrons. The van der Waals surface area contributed by atoms with Gasteiger partial charge in [-0.2, -0.15) is 0 Å². The molecule has 1 heterocycles.